The smallest absolute Gasteiger partial charge is 0.414 e. The number of carboxylic acid groups (broad SMARTS) is 2. The molecule has 0 aliphatic carbocycles. The van der Waals surface area contributed by atoms with Crippen molar-refractivity contribution < 1.29 is 24.6 Å². The van der Waals surface area contributed by atoms with Crippen molar-refractivity contribution >= 4 is 29.2 Å². The van der Waals surface area contributed by atoms with Crippen LogP contribution in [-0.2, 0) is 20.8 Å². The van der Waals surface area contributed by atoms with Crippen molar-refractivity contribution in [1.82, 2.24) is 4.90 Å². The number of hydrogen-bond donors (Lipinski definition) is 2. The maximum Gasteiger partial charge on any atom is 0.414 e. The van der Waals surface area contributed by atoms with E-state index in [4.69, 9.17) is 19.8 Å². The fourth-order valence-electron chi connectivity index (χ4n) is 4.25. The van der Waals surface area contributed by atoms with Gasteiger partial charge in [0.2, 0.25) is 5.91 Å². The molecule has 0 bridgehead atoms. The summed E-state index contributed by atoms with van der Waals surface area (Å²) >= 11 is 0. The van der Waals surface area contributed by atoms with Gasteiger partial charge in [0.05, 0.1) is 11.3 Å². The van der Waals surface area contributed by atoms with E-state index >= 15 is 0 Å². The van der Waals surface area contributed by atoms with E-state index in [1.807, 2.05) is 35.2 Å². The van der Waals surface area contributed by atoms with Gasteiger partial charge >= 0.3 is 11.9 Å². The summed E-state index contributed by atoms with van der Waals surface area (Å²) in [6, 6.07) is 18.4. The summed E-state index contributed by atoms with van der Waals surface area (Å²) in [7, 11) is 0. The van der Waals surface area contributed by atoms with Gasteiger partial charge in [-0.15, -0.1) is 0 Å². The Kier molecular flexibility index (Phi) is 8.60. The van der Waals surface area contributed by atoms with Gasteiger partial charge in [0.1, 0.15) is 6.07 Å². The topological polar surface area (TPSA) is 125 Å². The number of carbonyl (C=O) groups is 3. The highest BCUT2D eigenvalue weighted by Crippen LogP contribution is 2.27. The van der Waals surface area contributed by atoms with Crippen LogP contribution in [0, 0.1) is 11.3 Å². The number of anilines is 2. The quantitative estimate of drug-likeness (QED) is 0.645. The summed E-state index contributed by atoms with van der Waals surface area (Å²) in [5, 5.41) is 24.1. The highest BCUT2D eigenvalue weighted by Gasteiger charge is 2.24. The fraction of sp³-hybridized carbons (Fsp3) is 0.360. The second-order valence-electron chi connectivity index (χ2n) is 8.10. The van der Waals surface area contributed by atoms with Crippen LogP contribution >= 0.6 is 0 Å². The molecule has 2 aliphatic rings. The minimum Gasteiger partial charge on any atom is -0.473 e. The molecule has 0 spiro atoms. The Morgan fingerprint density at radius 2 is 1.47 bits per heavy atom. The monoisotopic (exact) mass is 464 g/mol. The van der Waals surface area contributed by atoms with Crippen molar-refractivity contribution in [3.8, 4) is 6.07 Å². The molecule has 0 radical (unpaired) electrons. The third-order valence-corrected chi connectivity index (χ3v) is 5.97. The molecule has 4 rings (SSSR count). The molecule has 178 valence electrons. The minimum absolute atomic E-state index is 0.247. The van der Waals surface area contributed by atoms with Crippen molar-refractivity contribution in [2.24, 2.45) is 0 Å². The molecule has 9 heteroatoms. The van der Waals surface area contributed by atoms with E-state index in [9.17, 15) is 10.1 Å². The predicted molar refractivity (Wildman–Crippen MR) is 127 cm³/mol. The molecule has 2 N–H and O–H groups in total. The van der Waals surface area contributed by atoms with Crippen LogP contribution in [0.15, 0.2) is 48.5 Å². The first-order chi connectivity index (χ1) is 16.4. The number of aryl methyl sites for hydroxylation is 1. The van der Waals surface area contributed by atoms with Gasteiger partial charge in [-0.05, 0) is 43.1 Å². The Labute approximate surface area is 198 Å². The minimum atomic E-state index is -1.82. The van der Waals surface area contributed by atoms with Crippen LogP contribution in [0.2, 0.25) is 0 Å². The van der Waals surface area contributed by atoms with Crippen LogP contribution in [-0.4, -0.2) is 72.2 Å². The van der Waals surface area contributed by atoms with Crippen molar-refractivity contribution in [1.29, 1.82) is 5.26 Å². The van der Waals surface area contributed by atoms with Gasteiger partial charge in [-0.3, -0.25) is 9.69 Å². The molecule has 2 heterocycles. The summed E-state index contributed by atoms with van der Waals surface area (Å²) in [5.74, 6) is -3.40. The number of nitriles is 1. The van der Waals surface area contributed by atoms with E-state index in [0.29, 0.717) is 6.42 Å². The van der Waals surface area contributed by atoms with Gasteiger partial charge in [-0.1, -0.05) is 30.3 Å². The van der Waals surface area contributed by atoms with E-state index in [2.05, 4.69) is 34.1 Å². The summed E-state index contributed by atoms with van der Waals surface area (Å²) in [6.45, 7) is 5.63. The van der Waals surface area contributed by atoms with E-state index in [0.717, 1.165) is 69.0 Å². The van der Waals surface area contributed by atoms with Crippen molar-refractivity contribution in [2.45, 2.75) is 19.3 Å². The lowest BCUT2D eigenvalue weighted by Crippen LogP contribution is -2.47. The molecule has 1 fully saturated rings. The number of hydrogen-bond acceptors (Lipinski definition) is 6. The standard InChI is InChI=1S/C23H26N4O.C2H2O4/c24-18-20-7-2-3-8-21(20)26-16-14-25(15-17-26)12-5-13-27-22-9-4-1-6-19(22)10-11-23(27)28;3-1(4)2(5)6/h1-4,6-9H,5,10-17H2;(H,3,4)(H,5,6). The fourth-order valence-corrected chi connectivity index (χ4v) is 4.25. The van der Waals surface area contributed by atoms with Crippen LogP contribution in [0.5, 0.6) is 0 Å². The molecule has 1 saturated heterocycles. The third-order valence-electron chi connectivity index (χ3n) is 5.97. The van der Waals surface area contributed by atoms with Gasteiger partial charge in [0.25, 0.3) is 0 Å². The van der Waals surface area contributed by atoms with Crippen LogP contribution in [0.4, 0.5) is 11.4 Å². The average molecular weight is 465 g/mol. The first kappa shape index (κ1) is 24.7. The zero-order valence-corrected chi connectivity index (χ0v) is 18.9. The van der Waals surface area contributed by atoms with Gasteiger partial charge < -0.3 is 20.0 Å². The van der Waals surface area contributed by atoms with E-state index in [1.165, 1.54) is 5.56 Å². The first-order valence-corrected chi connectivity index (χ1v) is 11.2. The molecule has 0 unspecified atom stereocenters. The zero-order chi connectivity index (χ0) is 24.5. The molecule has 9 nitrogen and oxygen atoms in total. The number of carbonyl (C=O) groups excluding carboxylic acids is 1. The largest absolute Gasteiger partial charge is 0.473 e. The molecule has 0 aromatic heterocycles. The van der Waals surface area contributed by atoms with Gasteiger partial charge in [0, 0.05) is 44.8 Å². The maximum absolute atomic E-state index is 12.4. The number of carboxylic acids is 2. The molecule has 0 saturated carbocycles. The van der Waals surface area contributed by atoms with E-state index in [-0.39, 0.29) is 5.91 Å². The highest BCUT2D eigenvalue weighted by atomic mass is 16.4. The van der Waals surface area contributed by atoms with Gasteiger partial charge in [0.15, 0.2) is 0 Å². The van der Waals surface area contributed by atoms with Crippen LogP contribution < -0.4 is 9.80 Å². The third kappa shape index (κ3) is 6.33. The van der Waals surface area contributed by atoms with Gasteiger partial charge in [-0.25, -0.2) is 9.59 Å². The average Bonchev–Trinajstić information content (AvgIpc) is 2.86. The number of aliphatic carboxylic acids is 2. The number of rotatable bonds is 5. The maximum atomic E-state index is 12.4. The molecule has 0 atom stereocenters. The zero-order valence-electron chi connectivity index (χ0n) is 18.9. The second kappa shape index (κ2) is 11.8. The van der Waals surface area contributed by atoms with Crippen LogP contribution in [0.25, 0.3) is 0 Å². The summed E-state index contributed by atoms with van der Waals surface area (Å²) in [6.07, 6.45) is 2.46. The molecular weight excluding hydrogens is 436 g/mol. The lowest BCUT2D eigenvalue weighted by atomic mass is 10.0. The molecule has 2 aromatic carbocycles. The highest BCUT2D eigenvalue weighted by molar-refractivity contribution is 6.27. The van der Waals surface area contributed by atoms with Crippen molar-refractivity contribution in [3.05, 3.63) is 59.7 Å². The van der Waals surface area contributed by atoms with Gasteiger partial charge in [-0.2, -0.15) is 5.26 Å². The predicted octanol–water partition coefficient (Wildman–Crippen LogP) is 2.21. The molecule has 2 aromatic rings. The second-order valence-corrected chi connectivity index (χ2v) is 8.10. The van der Waals surface area contributed by atoms with Crippen LogP contribution in [0.3, 0.4) is 0 Å². The van der Waals surface area contributed by atoms with E-state index in [1.54, 1.807) is 0 Å². The SMILES string of the molecule is N#Cc1ccccc1N1CCN(CCCN2C(=O)CCc3ccccc32)CC1.O=C(O)C(=O)O. The molecule has 34 heavy (non-hydrogen) atoms. The Morgan fingerprint density at radius 1 is 0.853 bits per heavy atom. The lowest BCUT2D eigenvalue weighted by molar-refractivity contribution is -0.159. The molecule has 1 amide bonds. The number of para-hydroxylation sites is 2. The van der Waals surface area contributed by atoms with E-state index < -0.39 is 11.9 Å². The normalized spacial score (nSPS) is 15.6. The number of nitrogens with zero attached hydrogens (tertiary/aromatic N) is 4. The Bertz CT molecular complexity index is 1060. The summed E-state index contributed by atoms with van der Waals surface area (Å²) < 4.78 is 0. The Morgan fingerprint density at radius 3 is 2.12 bits per heavy atom. The Hall–Kier alpha value is -3.90. The number of amides is 1. The Balaban J connectivity index is 0.000000481. The molecule has 2 aliphatic heterocycles. The van der Waals surface area contributed by atoms with Crippen molar-refractivity contribution in [3.63, 3.8) is 0 Å². The number of benzene rings is 2. The molecular formula is C25H28N4O5. The number of fused-ring (bicyclic) bond motifs is 1. The lowest BCUT2D eigenvalue weighted by Gasteiger charge is -2.37. The number of piperazine rings is 1. The van der Waals surface area contributed by atoms with Crippen LogP contribution in [0.1, 0.15) is 24.0 Å². The van der Waals surface area contributed by atoms with Crippen molar-refractivity contribution in [2.75, 3.05) is 49.1 Å². The first-order valence-electron chi connectivity index (χ1n) is 11.2. The summed E-state index contributed by atoms with van der Waals surface area (Å²) in [4.78, 5) is 37.3. The summed E-state index contributed by atoms with van der Waals surface area (Å²) in [5.41, 5.74) is 4.17.